The summed E-state index contributed by atoms with van der Waals surface area (Å²) in [5.74, 6) is -0.596. The number of benzene rings is 2. The van der Waals surface area contributed by atoms with Crippen molar-refractivity contribution in [3.63, 3.8) is 0 Å². The van der Waals surface area contributed by atoms with E-state index in [4.69, 9.17) is 27.9 Å². The third kappa shape index (κ3) is 4.47. The Morgan fingerprint density at radius 2 is 1.78 bits per heavy atom. The molecule has 138 valence electrons. The maximum absolute atomic E-state index is 12.5. The van der Waals surface area contributed by atoms with E-state index in [2.05, 4.69) is 4.98 Å². The van der Waals surface area contributed by atoms with Gasteiger partial charge in [-0.15, -0.1) is 0 Å². The zero-order valence-corrected chi connectivity index (χ0v) is 16.3. The van der Waals surface area contributed by atoms with Gasteiger partial charge in [-0.3, -0.25) is 4.98 Å². The van der Waals surface area contributed by atoms with Crippen molar-refractivity contribution in [2.45, 2.75) is 4.90 Å². The Labute approximate surface area is 166 Å². The second kappa shape index (κ2) is 7.68. The lowest BCUT2D eigenvalue weighted by Crippen LogP contribution is -2.09. The van der Waals surface area contributed by atoms with Gasteiger partial charge in [-0.05, 0) is 48.5 Å². The standard InChI is InChI=1S/C19H13Cl2NO4S/c1-27(24,25)13-6-8-18(16(21)11-13)26-19(23)12-5-7-15(20)14(10-12)17-4-2-3-9-22-17/h2-11H,1H3. The van der Waals surface area contributed by atoms with Crippen LogP contribution in [0.3, 0.4) is 0 Å². The molecule has 0 saturated carbocycles. The smallest absolute Gasteiger partial charge is 0.343 e. The molecule has 1 heterocycles. The number of ether oxygens (including phenoxy) is 1. The van der Waals surface area contributed by atoms with Crippen LogP contribution in [0.5, 0.6) is 5.75 Å². The number of aromatic nitrogens is 1. The van der Waals surface area contributed by atoms with Gasteiger partial charge in [-0.2, -0.15) is 0 Å². The number of sulfone groups is 1. The van der Waals surface area contributed by atoms with Gasteiger partial charge in [0.15, 0.2) is 9.84 Å². The lowest BCUT2D eigenvalue weighted by molar-refractivity contribution is 0.0735. The van der Waals surface area contributed by atoms with Crippen molar-refractivity contribution in [3.05, 3.63) is 76.4 Å². The molecule has 0 unspecified atom stereocenters. The van der Waals surface area contributed by atoms with E-state index >= 15 is 0 Å². The van der Waals surface area contributed by atoms with Gasteiger partial charge in [-0.25, -0.2) is 13.2 Å². The lowest BCUT2D eigenvalue weighted by Gasteiger charge is -2.09. The zero-order chi connectivity index (χ0) is 19.6. The number of carbonyl (C=O) groups is 1. The van der Waals surface area contributed by atoms with Crippen molar-refractivity contribution in [1.82, 2.24) is 4.98 Å². The molecule has 0 aliphatic carbocycles. The van der Waals surface area contributed by atoms with Crippen LogP contribution in [-0.2, 0) is 9.84 Å². The maximum atomic E-state index is 12.5. The van der Waals surface area contributed by atoms with E-state index in [0.29, 0.717) is 16.3 Å². The minimum absolute atomic E-state index is 0.0187. The summed E-state index contributed by atoms with van der Waals surface area (Å²) in [4.78, 5) is 16.7. The van der Waals surface area contributed by atoms with E-state index in [1.165, 1.54) is 24.3 Å². The predicted octanol–water partition coefficient (Wildman–Crippen LogP) is 4.68. The van der Waals surface area contributed by atoms with Crippen molar-refractivity contribution in [3.8, 4) is 17.0 Å². The largest absolute Gasteiger partial charge is 0.421 e. The molecule has 0 radical (unpaired) electrons. The first-order valence-electron chi connectivity index (χ1n) is 7.68. The molecule has 0 spiro atoms. The molecule has 0 N–H and O–H groups in total. The fraction of sp³-hybridized carbons (Fsp3) is 0.0526. The number of halogens is 2. The Kier molecular flexibility index (Phi) is 5.51. The molecule has 0 saturated heterocycles. The van der Waals surface area contributed by atoms with Gasteiger partial charge in [0.05, 0.1) is 26.2 Å². The van der Waals surface area contributed by atoms with Crippen LogP contribution in [0.15, 0.2) is 65.7 Å². The number of rotatable bonds is 4. The third-order valence-corrected chi connectivity index (χ3v) is 5.41. The SMILES string of the molecule is CS(=O)(=O)c1ccc(OC(=O)c2ccc(Cl)c(-c3ccccn3)c2)c(Cl)c1. The van der Waals surface area contributed by atoms with Crippen molar-refractivity contribution >= 4 is 39.0 Å². The number of esters is 1. The molecule has 0 fully saturated rings. The van der Waals surface area contributed by atoms with E-state index in [0.717, 1.165) is 6.26 Å². The molecule has 1 aromatic heterocycles. The van der Waals surface area contributed by atoms with Crippen LogP contribution in [0.4, 0.5) is 0 Å². The molecule has 3 aromatic rings. The summed E-state index contributed by atoms with van der Waals surface area (Å²) in [6.07, 6.45) is 2.69. The first-order chi connectivity index (χ1) is 12.8. The summed E-state index contributed by atoms with van der Waals surface area (Å²) in [5, 5.41) is 0.464. The molecular formula is C19H13Cl2NO4S. The molecule has 0 aliphatic heterocycles. The highest BCUT2D eigenvalue weighted by Crippen LogP contribution is 2.30. The second-order valence-corrected chi connectivity index (χ2v) is 8.49. The fourth-order valence-electron chi connectivity index (χ4n) is 2.32. The van der Waals surface area contributed by atoms with Crippen molar-refractivity contribution < 1.29 is 17.9 Å². The number of carbonyl (C=O) groups excluding carboxylic acids is 1. The molecule has 0 aliphatic rings. The molecule has 0 atom stereocenters. The summed E-state index contributed by atoms with van der Waals surface area (Å²) in [7, 11) is -3.41. The Morgan fingerprint density at radius 3 is 2.41 bits per heavy atom. The molecule has 27 heavy (non-hydrogen) atoms. The van der Waals surface area contributed by atoms with Crippen LogP contribution in [0.25, 0.3) is 11.3 Å². The van der Waals surface area contributed by atoms with Gasteiger partial charge in [0.1, 0.15) is 5.75 Å². The minimum atomic E-state index is -3.41. The number of pyridine rings is 1. The summed E-state index contributed by atoms with van der Waals surface area (Å²) in [6.45, 7) is 0. The first kappa shape index (κ1) is 19.4. The van der Waals surface area contributed by atoms with Gasteiger partial charge in [0, 0.05) is 18.0 Å². The van der Waals surface area contributed by atoms with Crippen LogP contribution in [0, 0.1) is 0 Å². The Morgan fingerprint density at radius 1 is 1.00 bits per heavy atom. The molecule has 8 heteroatoms. The van der Waals surface area contributed by atoms with E-state index < -0.39 is 15.8 Å². The van der Waals surface area contributed by atoms with Gasteiger partial charge in [-0.1, -0.05) is 29.3 Å². The molecule has 0 amide bonds. The quantitative estimate of drug-likeness (QED) is 0.451. The maximum Gasteiger partial charge on any atom is 0.343 e. The Hall–Kier alpha value is -2.41. The average molecular weight is 422 g/mol. The molecule has 5 nitrogen and oxygen atoms in total. The molecule has 2 aromatic carbocycles. The van der Waals surface area contributed by atoms with Gasteiger partial charge in [0.25, 0.3) is 0 Å². The Balaban J connectivity index is 1.89. The van der Waals surface area contributed by atoms with Crippen molar-refractivity contribution in [1.29, 1.82) is 0 Å². The van der Waals surface area contributed by atoms with E-state index in [1.54, 1.807) is 30.5 Å². The molecular weight excluding hydrogens is 409 g/mol. The first-order valence-corrected chi connectivity index (χ1v) is 10.3. The second-order valence-electron chi connectivity index (χ2n) is 5.66. The highest BCUT2D eigenvalue weighted by Gasteiger charge is 2.16. The minimum Gasteiger partial charge on any atom is -0.421 e. The normalized spacial score (nSPS) is 11.2. The van der Waals surface area contributed by atoms with E-state index in [1.807, 2.05) is 6.07 Å². The van der Waals surface area contributed by atoms with Crippen LogP contribution in [-0.4, -0.2) is 25.6 Å². The van der Waals surface area contributed by atoms with Gasteiger partial charge < -0.3 is 4.74 Å². The highest BCUT2D eigenvalue weighted by molar-refractivity contribution is 7.90. The van der Waals surface area contributed by atoms with Crippen LogP contribution in [0.2, 0.25) is 10.0 Å². The summed E-state index contributed by atoms with van der Waals surface area (Å²) >= 11 is 12.3. The van der Waals surface area contributed by atoms with Crippen LogP contribution in [0.1, 0.15) is 10.4 Å². The summed E-state index contributed by atoms with van der Waals surface area (Å²) in [6, 6.07) is 13.9. The third-order valence-electron chi connectivity index (χ3n) is 3.68. The summed E-state index contributed by atoms with van der Waals surface area (Å²) < 4.78 is 28.4. The molecule has 0 bridgehead atoms. The van der Waals surface area contributed by atoms with E-state index in [-0.39, 0.29) is 21.2 Å². The fourth-order valence-corrected chi connectivity index (χ4v) is 3.47. The van der Waals surface area contributed by atoms with Gasteiger partial charge in [0.2, 0.25) is 0 Å². The lowest BCUT2D eigenvalue weighted by atomic mass is 10.1. The van der Waals surface area contributed by atoms with Crippen molar-refractivity contribution in [2.75, 3.05) is 6.26 Å². The number of nitrogens with zero attached hydrogens (tertiary/aromatic N) is 1. The van der Waals surface area contributed by atoms with Crippen LogP contribution >= 0.6 is 23.2 Å². The monoisotopic (exact) mass is 421 g/mol. The average Bonchev–Trinajstić information content (AvgIpc) is 2.63. The van der Waals surface area contributed by atoms with Gasteiger partial charge >= 0.3 is 5.97 Å². The molecule has 3 rings (SSSR count). The highest BCUT2D eigenvalue weighted by atomic mass is 35.5. The summed E-state index contributed by atoms with van der Waals surface area (Å²) in [5.41, 5.74) is 1.46. The van der Waals surface area contributed by atoms with Crippen LogP contribution < -0.4 is 4.74 Å². The zero-order valence-electron chi connectivity index (χ0n) is 14.0. The Bertz CT molecular complexity index is 1120. The van der Waals surface area contributed by atoms with Crippen molar-refractivity contribution in [2.24, 2.45) is 0 Å². The van der Waals surface area contributed by atoms with E-state index in [9.17, 15) is 13.2 Å². The topological polar surface area (TPSA) is 73.3 Å². The number of hydrogen-bond acceptors (Lipinski definition) is 5. The predicted molar refractivity (Wildman–Crippen MR) is 104 cm³/mol. The number of hydrogen-bond donors (Lipinski definition) is 0.